The number of aromatic nitrogens is 4. The van der Waals surface area contributed by atoms with Crippen molar-refractivity contribution in [1.82, 2.24) is 19.9 Å². The smallest absolute Gasteiger partial charge is 0.358 e. The van der Waals surface area contributed by atoms with E-state index in [-0.39, 0.29) is 49.0 Å². The molecule has 0 aliphatic carbocycles. The van der Waals surface area contributed by atoms with Crippen LogP contribution in [0.1, 0.15) is 26.5 Å². The maximum absolute atomic E-state index is 12.7. The van der Waals surface area contributed by atoms with E-state index < -0.39 is 51.5 Å². The monoisotopic (exact) mass is 911 g/mol. The molecule has 0 atom stereocenters. The number of Topliss-reactive ketones (excluding diaryl/α,β-unsaturated/α-hetero) is 1. The lowest BCUT2D eigenvalue weighted by Crippen LogP contribution is -2.13. The van der Waals surface area contributed by atoms with E-state index >= 15 is 0 Å². The highest BCUT2D eigenvalue weighted by Crippen LogP contribution is 2.23. The summed E-state index contributed by atoms with van der Waals surface area (Å²) in [7, 11) is -14.0. The number of hydrogen-bond donors (Lipinski definition) is 6. The van der Waals surface area contributed by atoms with Crippen molar-refractivity contribution < 1.29 is 48.4 Å². The second kappa shape index (κ2) is 18.7. The first kappa shape index (κ1) is 47.0. The molecule has 24 heteroatoms. The maximum atomic E-state index is 12.7. The summed E-state index contributed by atoms with van der Waals surface area (Å²) in [6.07, 6.45) is 4.87. The van der Waals surface area contributed by atoms with Crippen molar-refractivity contribution in [2.45, 2.75) is 26.0 Å². The molecule has 0 saturated carbocycles. The van der Waals surface area contributed by atoms with Crippen LogP contribution in [0, 0.1) is 0 Å². The lowest BCUT2D eigenvalue weighted by molar-refractivity contribution is 0.0691. The molecular weight excluding hydrogens is 875 g/mol. The Morgan fingerprint density at radius 1 is 0.525 bits per heavy atom. The topological polar surface area (TPSA) is 373 Å². The molecule has 2 heterocycles. The van der Waals surface area contributed by atoms with Gasteiger partial charge in [0.15, 0.2) is 42.8 Å². The van der Waals surface area contributed by atoms with E-state index in [0.29, 0.717) is 33.8 Å². The molecule has 6 rings (SSSR count). The normalized spacial score (nSPS) is 11.6. The van der Waals surface area contributed by atoms with Crippen LogP contribution in [-0.2, 0) is 46.1 Å². The minimum Gasteiger partial charge on any atom is -0.476 e. The van der Waals surface area contributed by atoms with Gasteiger partial charge in [-0.2, -0.15) is 0 Å². The molecule has 20 nitrogen and oxygen atoms in total. The number of aromatic carboxylic acids is 1. The van der Waals surface area contributed by atoms with Gasteiger partial charge in [0, 0.05) is 35.7 Å². The Morgan fingerprint density at radius 3 is 1.23 bits per heavy atom. The van der Waals surface area contributed by atoms with Gasteiger partial charge in [-0.25, -0.2) is 68.7 Å². The number of sulfone groups is 2. The fraction of sp³-hybridized carbons (Fsp3) is 0.0811. The van der Waals surface area contributed by atoms with Crippen molar-refractivity contribution in [2.75, 3.05) is 29.7 Å². The first-order valence-corrected chi connectivity index (χ1v) is 23.7. The molecule has 0 unspecified atom stereocenters. The maximum Gasteiger partial charge on any atom is 0.358 e. The average Bonchev–Trinajstić information content (AvgIpc) is 3.18. The number of anilines is 3. The van der Waals surface area contributed by atoms with Gasteiger partial charge in [-0.3, -0.25) is 4.79 Å². The molecule has 0 radical (unpaired) electrons. The third-order valence-corrected chi connectivity index (χ3v) is 12.2. The molecule has 0 saturated heterocycles. The number of carboxylic acid groups (broad SMARTS) is 1. The van der Waals surface area contributed by atoms with Crippen LogP contribution in [0.3, 0.4) is 0 Å². The van der Waals surface area contributed by atoms with Crippen molar-refractivity contribution in [3.63, 3.8) is 0 Å². The van der Waals surface area contributed by atoms with Gasteiger partial charge in [-0.15, -0.1) is 0 Å². The summed E-state index contributed by atoms with van der Waals surface area (Å²) in [5.41, 5.74) is 19.0. The largest absolute Gasteiger partial charge is 0.476 e. The van der Waals surface area contributed by atoms with Crippen molar-refractivity contribution >= 4 is 68.8 Å². The average molecular weight is 912 g/mol. The molecule has 0 aliphatic heterocycles. The number of benzene rings is 4. The summed E-state index contributed by atoms with van der Waals surface area (Å²) in [6.45, 7) is 0. The van der Waals surface area contributed by atoms with Crippen LogP contribution in [0.15, 0.2) is 129 Å². The summed E-state index contributed by atoms with van der Waals surface area (Å²) in [5, 5.41) is 18.8. The van der Waals surface area contributed by atoms with Crippen LogP contribution in [0.4, 0.5) is 17.3 Å². The summed E-state index contributed by atoms with van der Waals surface area (Å²) >= 11 is 0. The van der Waals surface area contributed by atoms with E-state index in [1.807, 2.05) is 0 Å². The first-order valence-electron chi connectivity index (χ1n) is 16.9. The molecule has 11 N–H and O–H groups in total. The number of primary sulfonamides is 2. The SMILES string of the molecule is CS(=O)(=O)c1ccc(-c2cnc(N)c(C(=O)Cc3ccc(S(N)(=O)=O)cc3)n2)cc1.CS(=O)(=O)c1ccc(-c2cnc(N)c(C(=O)O)n2)cc1.Nc1ccc(S(N)(=O)=O)cc1. The van der Waals surface area contributed by atoms with Crippen molar-refractivity contribution in [1.29, 1.82) is 0 Å². The van der Waals surface area contributed by atoms with E-state index in [2.05, 4.69) is 19.9 Å². The van der Waals surface area contributed by atoms with Gasteiger partial charge in [0.05, 0.1) is 43.4 Å². The minimum absolute atomic E-state index is 0.0322. The highest BCUT2D eigenvalue weighted by atomic mass is 32.2. The van der Waals surface area contributed by atoms with E-state index in [0.717, 1.165) is 12.5 Å². The Kier molecular flexibility index (Phi) is 14.4. The summed E-state index contributed by atoms with van der Waals surface area (Å²) in [5.74, 6) is -1.89. The van der Waals surface area contributed by atoms with Gasteiger partial charge >= 0.3 is 5.97 Å². The fourth-order valence-corrected chi connectivity index (χ4v) is 7.20. The molecule has 2 aromatic heterocycles. The molecule has 320 valence electrons. The Labute approximate surface area is 350 Å². The van der Waals surface area contributed by atoms with E-state index in [1.165, 1.54) is 97.3 Å². The van der Waals surface area contributed by atoms with Gasteiger partial charge in [-0.05, 0) is 66.2 Å². The number of ketones is 1. The molecule has 0 fully saturated rings. The van der Waals surface area contributed by atoms with Gasteiger partial charge in [0.25, 0.3) is 0 Å². The van der Waals surface area contributed by atoms with Crippen LogP contribution >= 0.6 is 0 Å². The predicted octanol–water partition coefficient (Wildman–Crippen LogP) is 1.95. The first-order chi connectivity index (χ1) is 28.2. The van der Waals surface area contributed by atoms with Gasteiger partial charge < -0.3 is 22.3 Å². The zero-order valence-corrected chi connectivity index (χ0v) is 35.2. The number of rotatable bonds is 10. The second-order valence-corrected chi connectivity index (χ2v) is 19.9. The van der Waals surface area contributed by atoms with Crippen molar-refractivity contribution in [2.24, 2.45) is 10.3 Å². The number of nitrogen functional groups attached to an aromatic ring is 3. The lowest BCUT2D eigenvalue weighted by atomic mass is 10.1. The number of nitrogens with two attached hydrogens (primary N) is 5. The molecule has 0 bridgehead atoms. The Balaban J connectivity index is 0.000000226. The van der Waals surface area contributed by atoms with Crippen LogP contribution in [0.25, 0.3) is 22.5 Å². The Hall–Kier alpha value is -6.70. The van der Waals surface area contributed by atoms with Gasteiger partial charge in [0.1, 0.15) is 5.69 Å². The molecule has 0 spiro atoms. The second-order valence-electron chi connectivity index (χ2n) is 12.8. The number of nitrogens with zero attached hydrogens (tertiary/aromatic N) is 4. The number of carbonyl (C=O) groups excluding carboxylic acids is 1. The Bertz CT molecular complexity index is 3040. The summed E-state index contributed by atoms with van der Waals surface area (Å²) in [4.78, 5) is 39.9. The van der Waals surface area contributed by atoms with Crippen LogP contribution in [0.2, 0.25) is 0 Å². The molecule has 6 aromatic rings. The van der Waals surface area contributed by atoms with E-state index in [9.17, 15) is 43.3 Å². The summed E-state index contributed by atoms with van der Waals surface area (Å²) < 4.78 is 89.9. The van der Waals surface area contributed by atoms with Gasteiger partial charge in [-0.1, -0.05) is 36.4 Å². The van der Waals surface area contributed by atoms with Crippen LogP contribution < -0.4 is 27.5 Å². The third-order valence-electron chi connectivity index (χ3n) is 8.05. The van der Waals surface area contributed by atoms with Crippen LogP contribution in [-0.4, -0.2) is 83.0 Å². The predicted molar refractivity (Wildman–Crippen MR) is 225 cm³/mol. The zero-order valence-electron chi connectivity index (χ0n) is 31.9. The molecule has 0 amide bonds. The fourth-order valence-electron chi connectivity index (χ4n) is 4.91. The van der Waals surface area contributed by atoms with E-state index in [1.54, 1.807) is 12.1 Å². The molecule has 61 heavy (non-hydrogen) atoms. The van der Waals surface area contributed by atoms with Crippen molar-refractivity contribution in [3.8, 4) is 22.5 Å². The molecule has 4 aromatic carbocycles. The quantitative estimate of drug-likeness (QED) is 0.0844. The molecular formula is C37H37N9O11S4. The number of carboxylic acids is 1. The van der Waals surface area contributed by atoms with Crippen molar-refractivity contribution in [3.05, 3.63) is 126 Å². The zero-order chi connectivity index (χ0) is 45.5. The third kappa shape index (κ3) is 13.1. The minimum atomic E-state index is -3.82. The van der Waals surface area contributed by atoms with E-state index in [4.69, 9.17) is 32.6 Å². The summed E-state index contributed by atoms with van der Waals surface area (Å²) in [6, 6.07) is 23.2. The lowest BCUT2D eigenvalue weighted by Gasteiger charge is -2.08. The van der Waals surface area contributed by atoms with Crippen LogP contribution in [0.5, 0.6) is 0 Å². The van der Waals surface area contributed by atoms with Gasteiger partial charge in [0.2, 0.25) is 20.0 Å². The number of sulfonamides is 2. The molecule has 0 aliphatic rings. The standard InChI is InChI=1S/C19H18N4O5S2.C12H11N3O4S.C6H8N2O2S/c1-29(25,26)14-8-4-13(5-9-14)16-11-22-19(20)18(23-16)17(24)10-12-2-6-15(7-3-12)30(21,27)28;1-20(18,19)8-4-2-7(3-5-8)9-6-14-11(13)10(15-9)12(16)17;7-5-1-3-6(4-2-5)11(8,9)10/h2-9,11H,10H2,1H3,(H2,20,22)(H2,21,27,28);2-6H,1H3,(H2,13,14)(H,16,17);1-4H,7H2,(H2,8,9,10). The number of hydrogen-bond acceptors (Lipinski definition) is 17. The highest BCUT2D eigenvalue weighted by molar-refractivity contribution is 7.91. The Morgan fingerprint density at radius 2 is 0.869 bits per heavy atom. The highest BCUT2D eigenvalue weighted by Gasteiger charge is 2.18. The number of carbonyl (C=O) groups is 2.